The molecule has 1 aromatic carbocycles. The van der Waals surface area contributed by atoms with Crippen molar-refractivity contribution in [1.29, 1.82) is 0 Å². The van der Waals surface area contributed by atoms with E-state index in [9.17, 15) is 13.2 Å². The molecule has 0 bridgehead atoms. The number of rotatable bonds is 3. The number of alkyl halides is 3. The van der Waals surface area contributed by atoms with E-state index < -0.39 is 11.7 Å². The number of halogens is 3. The molecule has 166 valence electrons. The first kappa shape index (κ1) is 21.2. The number of morpholine rings is 1. The van der Waals surface area contributed by atoms with Crippen molar-refractivity contribution >= 4 is 11.6 Å². The number of hydrogen-bond donors (Lipinski definition) is 1. The molecule has 6 nitrogen and oxygen atoms in total. The molecule has 3 aliphatic heterocycles. The number of hydrogen-bond acceptors (Lipinski definition) is 4. The zero-order valence-corrected chi connectivity index (χ0v) is 17.4. The molecular formula is C21H30F3N5O. The van der Waals surface area contributed by atoms with Gasteiger partial charge in [-0.2, -0.15) is 13.2 Å². The maximum Gasteiger partial charge on any atom is 0.416 e. The van der Waals surface area contributed by atoms with Gasteiger partial charge in [0.25, 0.3) is 0 Å². The van der Waals surface area contributed by atoms with E-state index in [1.54, 1.807) is 13.1 Å². The summed E-state index contributed by atoms with van der Waals surface area (Å²) >= 11 is 0. The van der Waals surface area contributed by atoms with Crippen LogP contribution in [-0.2, 0) is 10.9 Å². The second-order valence-corrected chi connectivity index (χ2v) is 8.20. The predicted molar refractivity (Wildman–Crippen MR) is 111 cm³/mol. The van der Waals surface area contributed by atoms with Crippen molar-refractivity contribution in [3.05, 3.63) is 29.8 Å². The van der Waals surface area contributed by atoms with Crippen molar-refractivity contribution in [2.45, 2.75) is 31.2 Å². The fourth-order valence-corrected chi connectivity index (χ4v) is 4.60. The van der Waals surface area contributed by atoms with Crippen LogP contribution in [0, 0.1) is 0 Å². The minimum Gasteiger partial charge on any atom is -0.373 e. The third-order valence-electron chi connectivity index (χ3n) is 6.28. The molecule has 1 aromatic rings. The first-order chi connectivity index (χ1) is 14.4. The van der Waals surface area contributed by atoms with Gasteiger partial charge in [0.05, 0.1) is 18.3 Å². The zero-order chi connectivity index (χ0) is 21.1. The van der Waals surface area contributed by atoms with Crippen LogP contribution in [0.2, 0.25) is 0 Å². The third kappa shape index (κ3) is 4.83. The van der Waals surface area contributed by atoms with Crippen molar-refractivity contribution in [3.63, 3.8) is 0 Å². The van der Waals surface area contributed by atoms with Gasteiger partial charge >= 0.3 is 6.18 Å². The van der Waals surface area contributed by atoms with Crippen LogP contribution in [0.4, 0.5) is 18.9 Å². The molecule has 0 aliphatic carbocycles. The van der Waals surface area contributed by atoms with Crippen LogP contribution >= 0.6 is 0 Å². The number of nitrogens with one attached hydrogen (secondary N) is 1. The van der Waals surface area contributed by atoms with Crippen LogP contribution in [0.25, 0.3) is 0 Å². The number of guanidine groups is 1. The van der Waals surface area contributed by atoms with Gasteiger partial charge < -0.3 is 19.9 Å². The average molecular weight is 425 g/mol. The Kier molecular flexibility index (Phi) is 6.38. The Morgan fingerprint density at radius 1 is 1.20 bits per heavy atom. The highest BCUT2D eigenvalue weighted by molar-refractivity contribution is 5.80. The van der Waals surface area contributed by atoms with E-state index in [-0.39, 0.29) is 6.10 Å². The molecular weight excluding hydrogens is 395 g/mol. The van der Waals surface area contributed by atoms with E-state index >= 15 is 0 Å². The Morgan fingerprint density at radius 3 is 2.73 bits per heavy atom. The van der Waals surface area contributed by atoms with Crippen molar-refractivity contribution in [3.8, 4) is 0 Å². The molecule has 2 unspecified atom stereocenters. The molecule has 3 fully saturated rings. The molecule has 3 aliphatic rings. The van der Waals surface area contributed by atoms with Crippen LogP contribution in [-0.4, -0.2) is 87.4 Å². The van der Waals surface area contributed by atoms with Gasteiger partial charge in [-0.25, -0.2) is 0 Å². The summed E-state index contributed by atoms with van der Waals surface area (Å²) in [4.78, 5) is 11.1. The van der Waals surface area contributed by atoms with E-state index in [4.69, 9.17) is 4.74 Å². The maximum atomic E-state index is 13.0. The van der Waals surface area contributed by atoms with E-state index in [2.05, 4.69) is 20.1 Å². The molecule has 3 saturated heterocycles. The zero-order valence-electron chi connectivity index (χ0n) is 17.4. The van der Waals surface area contributed by atoms with Gasteiger partial charge in [-0.1, -0.05) is 6.07 Å². The SMILES string of the molecule is CN=C(NCC1CN2CCCC2CO1)N1CCN(c2cccc(C(F)(F)F)c2)CC1. The predicted octanol–water partition coefficient (Wildman–Crippen LogP) is 2.27. The number of piperazine rings is 1. The number of ether oxygens (including phenoxy) is 1. The molecule has 9 heteroatoms. The van der Waals surface area contributed by atoms with Gasteiger partial charge in [-0.15, -0.1) is 0 Å². The third-order valence-corrected chi connectivity index (χ3v) is 6.28. The van der Waals surface area contributed by atoms with Crippen molar-refractivity contribution < 1.29 is 17.9 Å². The van der Waals surface area contributed by atoms with E-state index in [1.165, 1.54) is 25.0 Å². The number of aliphatic imine (C=N–C) groups is 1. The molecule has 2 atom stereocenters. The summed E-state index contributed by atoms with van der Waals surface area (Å²) in [5.41, 5.74) is 0.0100. The highest BCUT2D eigenvalue weighted by Crippen LogP contribution is 2.32. The monoisotopic (exact) mass is 425 g/mol. The lowest BCUT2D eigenvalue weighted by molar-refractivity contribution is -0.137. The maximum absolute atomic E-state index is 13.0. The number of benzene rings is 1. The Balaban J connectivity index is 1.27. The average Bonchev–Trinajstić information content (AvgIpc) is 3.22. The van der Waals surface area contributed by atoms with Gasteiger partial charge in [0, 0.05) is 58.0 Å². The molecule has 0 saturated carbocycles. The smallest absolute Gasteiger partial charge is 0.373 e. The quantitative estimate of drug-likeness (QED) is 0.595. The lowest BCUT2D eigenvalue weighted by Crippen LogP contribution is -2.55. The van der Waals surface area contributed by atoms with Crippen molar-refractivity contribution in [2.75, 3.05) is 64.4 Å². The highest BCUT2D eigenvalue weighted by atomic mass is 19.4. The molecule has 0 amide bonds. The summed E-state index contributed by atoms with van der Waals surface area (Å²) in [5, 5.41) is 3.43. The molecule has 0 spiro atoms. The van der Waals surface area contributed by atoms with Gasteiger partial charge in [0.1, 0.15) is 0 Å². The summed E-state index contributed by atoms with van der Waals surface area (Å²) in [6, 6.07) is 6.15. The van der Waals surface area contributed by atoms with E-state index in [0.717, 1.165) is 31.7 Å². The molecule has 3 heterocycles. The largest absolute Gasteiger partial charge is 0.416 e. The van der Waals surface area contributed by atoms with Crippen molar-refractivity contribution in [2.24, 2.45) is 4.99 Å². The standard InChI is InChI=1S/C21H30F3N5O/c1-25-20(26-13-19-14-29-7-3-6-18(29)15-30-19)28-10-8-27(9-11-28)17-5-2-4-16(12-17)21(22,23)24/h2,4-5,12,18-19H,3,6-11,13-15H2,1H3,(H,25,26). The fraction of sp³-hybridized carbons (Fsp3) is 0.667. The normalized spacial score (nSPS) is 26.1. The van der Waals surface area contributed by atoms with Crippen LogP contribution in [0.1, 0.15) is 18.4 Å². The first-order valence-corrected chi connectivity index (χ1v) is 10.7. The molecule has 30 heavy (non-hydrogen) atoms. The minimum absolute atomic E-state index is 0.155. The molecule has 0 aromatic heterocycles. The van der Waals surface area contributed by atoms with Crippen LogP contribution in [0.5, 0.6) is 0 Å². The summed E-state index contributed by atoms with van der Waals surface area (Å²) in [6.07, 6.45) is -1.67. The van der Waals surface area contributed by atoms with Crippen LogP contribution in [0.15, 0.2) is 29.3 Å². The van der Waals surface area contributed by atoms with E-state index in [0.29, 0.717) is 44.5 Å². The number of fused-ring (bicyclic) bond motifs is 1. The Morgan fingerprint density at radius 2 is 2.00 bits per heavy atom. The van der Waals surface area contributed by atoms with Crippen molar-refractivity contribution in [1.82, 2.24) is 15.1 Å². The second kappa shape index (κ2) is 9.01. The Labute approximate surface area is 175 Å². The van der Waals surface area contributed by atoms with Crippen LogP contribution < -0.4 is 10.2 Å². The van der Waals surface area contributed by atoms with Gasteiger partial charge in [-0.3, -0.25) is 9.89 Å². The topological polar surface area (TPSA) is 43.3 Å². The molecule has 0 radical (unpaired) electrons. The molecule has 4 rings (SSSR count). The lowest BCUT2D eigenvalue weighted by Gasteiger charge is -2.39. The minimum atomic E-state index is -4.32. The highest BCUT2D eigenvalue weighted by Gasteiger charge is 2.33. The summed E-state index contributed by atoms with van der Waals surface area (Å²) in [5.74, 6) is 0.825. The fourth-order valence-electron chi connectivity index (χ4n) is 4.60. The lowest BCUT2D eigenvalue weighted by atomic mass is 10.1. The van der Waals surface area contributed by atoms with Gasteiger partial charge in [-0.05, 0) is 37.6 Å². The van der Waals surface area contributed by atoms with E-state index in [1.807, 2.05) is 4.90 Å². The first-order valence-electron chi connectivity index (χ1n) is 10.7. The molecule has 1 N–H and O–H groups in total. The summed E-state index contributed by atoms with van der Waals surface area (Å²) in [6.45, 7) is 6.35. The number of nitrogens with zero attached hydrogens (tertiary/aromatic N) is 4. The Hall–Kier alpha value is -2.00. The summed E-state index contributed by atoms with van der Waals surface area (Å²) in [7, 11) is 1.76. The van der Waals surface area contributed by atoms with Crippen LogP contribution in [0.3, 0.4) is 0 Å². The summed E-state index contributed by atoms with van der Waals surface area (Å²) < 4.78 is 45.0. The van der Waals surface area contributed by atoms with Gasteiger partial charge in [0.2, 0.25) is 0 Å². The number of anilines is 1. The van der Waals surface area contributed by atoms with Gasteiger partial charge in [0.15, 0.2) is 5.96 Å². The second-order valence-electron chi connectivity index (χ2n) is 8.20. The Bertz CT molecular complexity index is 748.